The lowest BCUT2D eigenvalue weighted by Crippen LogP contribution is -1.85. The second kappa shape index (κ2) is 3.21. The minimum absolute atomic E-state index is 0.0399. The van der Waals surface area contributed by atoms with E-state index in [9.17, 15) is 8.78 Å². The summed E-state index contributed by atoms with van der Waals surface area (Å²) in [5.74, 6) is -0.409. The summed E-state index contributed by atoms with van der Waals surface area (Å²) in [5.41, 5.74) is 0.0399. The number of halogens is 2. The van der Waals surface area contributed by atoms with E-state index in [1.54, 1.807) is 6.92 Å². The SMILES string of the molecule is Cc1cnc(-c2cc(F)ccc2F)o1. The molecule has 0 amide bonds. The first-order valence-corrected chi connectivity index (χ1v) is 4.04. The number of oxazole rings is 1. The smallest absolute Gasteiger partial charge is 0.229 e. The van der Waals surface area contributed by atoms with Crippen molar-refractivity contribution in [2.75, 3.05) is 0 Å². The summed E-state index contributed by atoms with van der Waals surface area (Å²) in [6.45, 7) is 1.69. The van der Waals surface area contributed by atoms with Gasteiger partial charge in [-0.25, -0.2) is 13.8 Å². The third-order valence-corrected chi connectivity index (χ3v) is 1.78. The molecule has 72 valence electrons. The zero-order chi connectivity index (χ0) is 10.1. The van der Waals surface area contributed by atoms with Crippen LogP contribution in [0.25, 0.3) is 11.5 Å². The zero-order valence-corrected chi connectivity index (χ0v) is 7.42. The minimum atomic E-state index is -0.548. The first kappa shape index (κ1) is 8.87. The molecule has 0 N–H and O–H groups in total. The highest BCUT2D eigenvalue weighted by molar-refractivity contribution is 5.53. The maximum Gasteiger partial charge on any atom is 0.229 e. The number of hydrogen-bond donors (Lipinski definition) is 0. The van der Waals surface area contributed by atoms with E-state index in [2.05, 4.69) is 4.98 Å². The molecule has 0 unspecified atom stereocenters. The molecule has 1 heterocycles. The molecule has 2 rings (SSSR count). The number of nitrogens with zero attached hydrogens (tertiary/aromatic N) is 1. The predicted octanol–water partition coefficient (Wildman–Crippen LogP) is 2.93. The van der Waals surface area contributed by atoms with Crippen molar-refractivity contribution >= 4 is 0 Å². The lowest BCUT2D eigenvalue weighted by molar-refractivity contribution is 0.532. The first-order valence-electron chi connectivity index (χ1n) is 4.04. The van der Waals surface area contributed by atoms with Gasteiger partial charge in [-0.3, -0.25) is 0 Å². The Labute approximate surface area is 79.2 Å². The van der Waals surface area contributed by atoms with E-state index in [1.165, 1.54) is 6.20 Å². The standard InChI is InChI=1S/C10H7F2NO/c1-6-5-13-10(14-6)8-4-7(11)2-3-9(8)12/h2-5H,1H3. The Morgan fingerprint density at radius 2 is 2.07 bits per heavy atom. The van der Waals surface area contributed by atoms with Crippen LogP contribution in [-0.2, 0) is 0 Å². The Kier molecular flexibility index (Phi) is 2.04. The van der Waals surface area contributed by atoms with Gasteiger partial charge in [0.05, 0.1) is 11.8 Å². The van der Waals surface area contributed by atoms with Gasteiger partial charge < -0.3 is 4.42 Å². The Balaban J connectivity index is 2.55. The monoisotopic (exact) mass is 195 g/mol. The van der Waals surface area contributed by atoms with Gasteiger partial charge in [-0.05, 0) is 25.1 Å². The molecule has 0 spiro atoms. The van der Waals surface area contributed by atoms with E-state index >= 15 is 0 Å². The second-order valence-corrected chi connectivity index (χ2v) is 2.90. The molecule has 0 aliphatic heterocycles. The van der Waals surface area contributed by atoms with Gasteiger partial charge in [0, 0.05) is 0 Å². The van der Waals surface area contributed by atoms with Crippen LogP contribution in [0.2, 0.25) is 0 Å². The maximum atomic E-state index is 13.2. The van der Waals surface area contributed by atoms with Crippen molar-refractivity contribution in [3.63, 3.8) is 0 Å². The normalized spacial score (nSPS) is 10.5. The van der Waals surface area contributed by atoms with E-state index < -0.39 is 11.6 Å². The quantitative estimate of drug-likeness (QED) is 0.699. The summed E-state index contributed by atoms with van der Waals surface area (Å²) in [4.78, 5) is 3.81. The van der Waals surface area contributed by atoms with Gasteiger partial charge in [0.1, 0.15) is 17.4 Å². The fraction of sp³-hybridized carbons (Fsp3) is 0.100. The first-order chi connectivity index (χ1) is 6.66. The number of aryl methyl sites for hydroxylation is 1. The fourth-order valence-corrected chi connectivity index (χ4v) is 1.14. The van der Waals surface area contributed by atoms with Gasteiger partial charge in [-0.1, -0.05) is 0 Å². The van der Waals surface area contributed by atoms with Gasteiger partial charge in [0.15, 0.2) is 0 Å². The fourth-order valence-electron chi connectivity index (χ4n) is 1.14. The Hall–Kier alpha value is -1.71. The van der Waals surface area contributed by atoms with Gasteiger partial charge >= 0.3 is 0 Å². The van der Waals surface area contributed by atoms with Crippen molar-refractivity contribution in [2.24, 2.45) is 0 Å². The van der Waals surface area contributed by atoms with Crippen LogP contribution in [0.15, 0.2) is 28.8 Å². The molecule has 2 aromatic rings. The molecule has 0 aliphatic rings. The second-order valence-electron chi connectivity index (χ2n) is 2.90. The Bertz CT molecular complexity index is 465. The minimum Gasteiger partial charge on any atom is -0.441 e. The molecule has 0 saturated heterocycles. The Morgan fingerprint density at radius 3 is 2.71 bits per heavy atom. The van der Waals surface area contributed by atoms with Gasteiger partial charge in [-0.15, -0.1) is 0 Å². The van der Waals surface area contributed by atoms with E-state index in [0.717, 1.165) is 18.2 Å². The van der Waals surface area contributed by atoms with Crippen molar-refractivity contribution in [2.45, 2.75) is 6.92 Å². The summed E-state index contributed by atoms with van der Waals surface area (Å²) >= 11 is 0. The third kappa shape index (κ3) is 1.51. The molecule has 0 radical (unpaired) electrons. The van der Waals surface area contributed by atoms with Crippen LogP contribution in [0.5, 0.6) is 0 Å². The van der Waals surface area contributed by atoms with Crippen molar-refractivity contribution in [3.8, 4) is 11.5 Å². The number of benzene rings is 1. The molecule has 2 nitrogen and oxygen atoms in total. The van der Waals surface area contributed by atoms with Crippen LogP contribution in [-0.4, -0.2) is 4.98 Å². The zero-order valence-electron chi connectivity index (χ0n) is 7.42. The highest BCUT2D eigenvalue weighted by Gasteiger charge is 2.11. The molecule has 0 atom stereocenters. The lowest BCUT2D eigenvalue weighted by atomic mass is 10.2. The molecule has 0 fully saturated rings. The van der Waals surface area contributed by atoms with Gasteiger partial charge in [0.2, 0.25) is 5.89 Å². The molecule has 0 saturated carbocycles. The van der Waals surface area contributed by atoms with Crippen LogP contribution in [0.3, 0.4) is 0 Å². The summed E-state index contributed by atoms with van der Waals surface area (Å²) in [6, 6.07) is 3.15. The lowest BCUT2D eigenvalue weighted by Gasteiger charge is -1.97. The average molecular weight is 195 g/mol. The van der Waals surface area contributed by atoms with Gasteiger partial charge in [0.25, 0.3) is 0 Å². The van der Waals surface area contributed by atoms with Crippen LogP contribution >= 0.6 is 0 Å². The van der Waals surface area contributed by atoms with Crippen LogP contribution in [0, 0.1) is 18.6 Å². The molecule has 1 aromatic heterocycles. The largest absolute Gasteiger partial charge is 0.441 e. The molecule has 0 aliphatic carbocycles. The van der Waals surface area contributed by atoms with Crippen LogP contribution in [0.4, 0.5) is 8.78 Å². The molecule has 4 heteroatoms. The van der Waals surface area contributed by atoms with Crippen LogP contribution in [0.1, 0.15) is 5.76 Å². The number of hydrogen-bond acceptors (Lipinski definition) is 2. The topological polar surface area (TPSA) is 26.0 Å². The van der Waals surface area contributed by atoms with E-state index in [0.29, 0.717) is 5.76 Å². The molecule has 0 bridgehead atoms. The van der Waals surface area contributed by atoms with Gasteiger partial charge in [-0.2, -0.15) is 0 Å². The Morgan fingerprint density at radius 1 is 1.29 bits per heavy atom. The summed E-state index contributed by atoms with van der Waals surface area (Å²) in [7, 11) is 0. The predicted molar refractivity (Wildman–Crippen MR) is 46.6 cm³/mol. The average Bonchev–Trinajstić information content (AvgIpc) is 2.56. The molecule has 1 aromatic carbocycles. The molecule has 14 heavy (non-hydrogen) atoms. The number of aromatic nitrogens is 1. The summed E-state index contributed by atoms with van der Waals surface area (Å²) < 4.78 is 31.1. The molecular weight excluding hydrogens is 188 g/mol. The van der Waals surface area contributed by atoms with Crippen molar-refractivity contribution in [1.29, 1.82) is 0 Å². The maximum absolute atomic E-state index is 13.2. The van der Waals surface area contributed by atoms with Crippen molar-refractivity contribution in [3.05, 3.63) is 41.8 Å². The highest BCUT2D eigenvalue weighted by Crippen LogP contribution is 2.22. The van der Waals surface area contributed by atoms with E-state index in [1.807, 2.05) is 0 Å². The van der Waals surface area contributed by atoms with E-state index in [4.69, 9.17) is 4.42 Å². The number of rotatable bonds is 1. The molecular formula is C10H7F2NO. The van der Waals surface area contributed by atoms with Crippen molar-refractivity contribution < 1.29 is 13.2 Å². The van der Waals surface area contributed by atoms with Crippen molar-refractivity contribution in [1.82, 2.24) is 4.98 Å². The van der Waals surface area contributed by atoms with Crippen LogP contribution < -0.4 is 0 Å². The third-order valence-electron chi connectivity index (χ3n) is 1.78. The van der Waals surface area contributed by atoms with E-state index in [-0.39, 0.29) is 11.5 Å². The highest BCUT2D eigenvalue weighted by atomic mass is 19.1. The summed E-state index contributed by atoms with van der Waals surface area (Å²) in [6.07, 6.45) is 1.46. The summed E-state index contributed by atoms with van der Waals surface area (Å²) in [5, 5.41) is 0.